The number of amides is 1. The van der Waals surface area contributed by atoms with Crippen molar-refractivity contribution in [2.24, 2.45) is 0 Å². The van der Waals surface area contributed by atoms with Crippen LogP contribution in [-0.2, 0) is 11.2 Å². The molecule has 8 heteroatoms. The van der Waals surface area contributed by atoms with Crippen LogP contribution in [0.5, 0.6) is 0 Å². The number of aromatic nitrogens is 1. The number of thiazole rings is 1. The van der Waals surface area contributed by atoms with Gasteiger partial charge in [-0.1, -0.05) is 86.5 Å². The number of nitrogens with zero attached hydrogens (tertiary/aromatic N) is 1. The van der Waals surface area contributed by atoms with Gasteiger partial charge in [-0.3, -0.25) is 10.1 Å². The van der Waals surface area contributed by atoms with Crippen molar-refractivity contribution in [3.8, 4) is 11.3 Å². The van der Waals surface area contributed by atoms with E-state index >= 15 is 0 Å². The van der Waals surface area contributed by atoms with Crippen LogP contribution in [0.1, 0.15) is 84.7 Å². The summed E-state index contributed by atoms with van der Waals surface area (Å²) in [5.74, 6) is -0.982. The van der Waals surface area contributed by atoms with Crippen LogP contribution in [0.15, 0.2) is 42.0 Å². The molecule has 1 unspecified atom stereocenters. The van der Waals surface area contributed by atoms with E-state index in [4.69, 9.17) is 33.3 Å². The van der Waals surface area contributed by atoms with Crippen molar-refractivity contribution in [3.63, 3.8) is 0 Å². The van der Waals surface area contributed by atoms with Crippen molar-refractivity contribution < 1.29 is 14.7 Å². The Morgan fingerprint density at radius 3 is 2.54 bits per heavy atom. The number of hydrogen-bond donors (Lipinski definition) is 2. The van der Waals surface area contributed by atoms with Crippen molar-refractivity contribution in [2.45, 2.75) is 64.7 Å². The van der Waals surface area contributed by atoms with Crippen LogP contribution < -0.4 is 5.32 Å². The maximum absolute atomic E-state index is 13.0. The SMILES string of the molecule is CCCCCCCC1Cc2sc(NC(=O)c3cc(Cl)c(C=C(C)C(=O)O)c(Cl)c3)nc2-c2ccccc21. The fourth-order valence-corrected chi connectivity index (χ4v) is 6.36. The largest absolute Gasteiger partial charge is 0.478 e. The number of carbonyl (C=O) groups excluding carboxylic acids is 1. The van der Waals surface area contributed by atoms with Gasteiger partial charge in [0.2, 0.25) is 0 Å². The van der Waals surface area contributed by atoms with Crippen molar-refractivity contribution in [2.75, 3.05) is 5.32 Å². The quantitative estimate of drug-likeness (QED) is 0.193. The number of aliphatic carboxylic acids is 1. The predicted octanol–water partition coefficient (Wildman–Crippen LogP) is 8.86. The second kappa shape index (κ2) is 12.2. The molecule has 1 atom stereocenters. The van der Waals surface area contributed by atoms with E-state index in [1.165, 1.54) is 79.0 Å². The van der Waals surface area contributed by atoms with Gasteiger partial charge in [-0.25, -0.2) is 9.78 Å². The Labute approximate surface area is 231 Å². The maximum Gasteiger partial charge on any atom is 0.331 e. The number of unbranched alkanes of at least 4 members (excludes halogenated alkanes) is 4. The zero-order valence-corrected chi connectivity index (χ0v) is 23.3. The smallest absolute Gasteiger partial charge is 0.331 e. The molecule has 5 nitrogen and oxygen atoms in total. The second-order valence-electron chi connectivity index (χ2n) is 9.42. The Balaban J connectivity index is 1.52. The molecule has 0 radical (unpaired) electrons. The van der Waals surface area contributed by atoms with Crippen LogP contribution in [-0.4, -0.2) is 22.0 Å². The summed E-state index contributed by atoms with van der Waals surface area (Å²) in [5.41, 5.74) is 4.16. The molecule has 0 saturated carbocycles. The van der Waals surface area contributed by atoms with E-state index in [-0.39, 0.29) is 27.1 Å². The van der Waals surface area contributed by atoms with Gasteiger partial charge in [-0.2, -0.15) is 0 Å². The molecule has 1 aromatic heterocycles. The Morgan fingerprint density at radius 2 is 1.84 bits per heavy atom. The first-order valence-electron chi connectivity index (χ1n) is 12.6. The van der Waals surface area contributed by atoms with Gasteiger partial charge in [-0.05, 0) is 49.5 Å². The monoisotopic (exact) mass is 556 g/mol. The van der Waals surface area contributed by atoms with Crippen LogP contribution in [0.2, 0.25) is 10.0 Å². The standard InChI is InChI=1S/C29H30Cl2N2O3S/c1-3-4-5-6-7-10-18-16-25-26(21-12-9-8-11-20(18)21)32-29(37-25)33-27(34)19-14-23(30)22(24(31)15-19)13-17(2)28(35)36/h8-9,11-15,18H,3-7,10,16H2,1-2H3,(H,35,36)(H,32,33,34). The first-order valence-corrected chi connectivity index (χ1v) is 14.2. The summed E-state index contributed by atoms with van der Waals surface area (Å²) < 4.78 is 0. The highest BCUT2D eigenvalue weighted by Gasteiger charge is 2.28. The molecule has 0 saturated heterocycles. The lowest BCUT2D eigenvalue weighted by Crippen LogP contribution is -2.12. The number of carbonyl (C=O) groups is 2. The lowest BCUT2D eigenvalue weighted by atomic mass is 9.81. The molecule has 2 aromatic carbocycles. The van der Waals surface area contributed by atoms with Gasteiger partial charge in [-0.15, -0.1) is 11.3 Å². The van der Waals surface area contributed by atoms with Crippen LogP contribution in [0.4, 0.5) is 5.13 Å². The molecule has 1 aliphatic rings. The molecule has 0 fully saturated rings. The molecule has 37 heavy (non-hydrogen) atoms. The lowest BCUT2D eigenvalue weighted by molar-refractivity contribution is -0.132. The number of carboxylic acid groups (broad SMARTS) is 1. The third-order valence-corrected chi connectivity index (χ3v) is 8.32. The normalized spacial score (nSPS) is 14.7. The van der Waals surface area contributed by atoms with Crippen molar-refractivity contribution >= 4 is 57.6 Å². The summed E-state index contributed by atoms with van der Waals surface area (Å²) >= 11 is 14.2. The summed E-state index contributed by atoms with van der Waals surface area (Å²) in [6, 6.07) is 11.4. The number of benzene rings is 2. The topological polar surface area (TPSA) is 79.3 Å². The molecule has 1 aliphatic carbocycles. The molecule has 0 aliphatic heterocycles. The van der Waals surface area contributed by atoms with Gasteiger partial charge in [0.05, 0.1) is 15.7 Å². The van der Waals surface area contributed by atoms with E-state index in [0.29, 0.717) is 16.6 Å². The first-order chi connectivity index (χ1) is 17.8. The van der Waals surface area contributed by atoms with Gasteiger partial charge in [0, 0.05) is 27.1 Å². The van der Waals surface area contributed by atoms with Crippen molar-refractivity contribution in [1.29, 1.82) is 0 Å². The van der Waals surface area contributed by atoms with Crippen LogP contribution in [0.3, 0.4) is 0 Å². The van der Waals surface area contributed by atoms with E-state index in [1.807, 2.05) is 6.07 Å². The summed E-state index contributed by atoms with van der Waals surface area (Å²) in [4.78, 5) is 30.2. The van der Waals surface area contributed by atoms with Crippen LogP contribution in [0.25, 0.3) is 17.3 Å². The Hall–Kier alpha value is -2.67. The van der Waals surface area contributed by atoms with E-state index in [2.05, 4.69) is 30.4 Å². The van der Waals surface area contributed by atoms with Crippen molar-refractivity contribution in [3.05, 3.63) is 73.6 Å². The molecule has 0 bridgehead atoms. The molecular weight excluding hydrogens is 527 g/mol. The van der Waals surface area contributed by atoms with Crippen LogP contribution in [0, 0.1) is 0 Å². The minimum Gasteiger partial charge on any atom is -0.478 e. The van der Waals surface area contributed by atoms with Crippen LogP contribution >= 0.6 is 34.5 Å². The zero-order chi connectivity index (χ0) is 26.5. The maximum atomic E-state index is 13.0. The highest BCUT2D eigenvalue weighted by molar-refractivity contribution is 7.16. The van der Waals surface area contributed by atoms with E-state index in [1.54, 1.807) is 0 Å². The average molecular weight is 558 g/mol. The molecule has 3 aromatic rings. The average Bonchev–Trinajstić information content (AvgIpc) is 3.28. The van der Waals surface area contributed by atoms with Gasteiger partial charge < -0.3 is 5.11 Å². The number of halogens is 2. The Bertz CT molecular complexity index is 1330. The molecule has 1 amide bonds. The lowest BCUT2D eigenvalue weighted by Gasteiger charge is -2.24. The van der Waals surface area contributed by atoms with E-state index in [9.17, 15) is 9.59 Å². The fourth-order valence-electron chi connectivity index (χ4n) is 4.71. The third kappa shape index (κ3) is 6.43. The Kier molecular flexibility index (Phi) is 9.06. The first kappa shape index (κ1) is 27.4. The number of carboxylic acids is 1. The van der Waals surface area contributed by atoms with Gasteiger partial charge >= 0.3 is 5.97 Å². The summed E-state index contributed by atoms with van der Waals surface area (Å²) in [5, 5.41) is 13.0. The van der Waals surface area contributed by atoms with Crippen molar-refractivity contribution in [1.82, 2.24) is 4.98 Å². The number of nitrogens with one attached hydrogen (secondary N) is 1. The second-order valence-corrected chi connectivity index (χ2v) is 11.3. The number of fused-ring (bicyclic) bond motifs is 3. The molecule has 4 rings (SSSR count). The van der Waals surface area contributed by atoms with Gasteiger partial charge in [0.15, 0.2) is 5.13 Å². The van der Waals surface area contributed by atoms with E-state index < -0.39 is 5.97 Å². The summed E-state index contributed by atoms with van der Waals surface area (Å²) in [7, 11) is 0. The number of hydrogen-bond acceptors (Lipinski definition) is 4. The molecule has 194 valence electrons. The van der Waals surface area contributed by atoms with E-state index in [0.717, 1.165) is 24.1 Å². The summed E-state index contributed by atoms with van der Waals surface area (Å²) in [6.45, 7) is 3.69. The molecule has 0 spiro atoms. The summed E-state index contributed by atoms with van der Waals surface area (Å²) in [6.07, 6.45) is 9.78. The highest BCUT2D eigenvalue weighted by atomic mass is 35.5. The molecule has 2 N–H and O–H groups in total. The zero-order valence-electron chi connectivity index (χ0n) is 20.9. The third-order valence-electron chi connectivity index (χ3n) is 6.70. The van der Waals surface area contributed by atoms with Gasteiger partial charge in [0.1, 0.15) is 0 Å². The molecular formula is C29H30Cl2N2O3S. The number of anilines is 1. The van der Waals surface area contributed by atoms with Gasteiger partial charge in [0.25, 0.3) is 5.91 Å². The minimum atomic E-state index is -1.07. The Morgan fingerprint density at radius 1 is 1.14 bits per heavy atom. The fraction of sp³-hybridized carbons (Fsp3) is 0.345. The molecule has 1 heterocycles. The minimum absolute atomic E-state index is 0.0916. The predicted molar refractivity (Wildman–Crippen MR) is 153 cm³/mol. The number of rotatable bonds is 10. The highest BCUT2D eigenvalue weighted by Crippen LogP contribution is 2.44.